The molecule has 0 fully saturated rings. The Morgan fingerprint density at radius 2 is 1.27 bits per heavy atom. The van der Waals surface area contributed by atoms with Crippen LogP contribution in [0.2, 0.25) is 0 Å². The van der Waals surface area contributed by atoms with Gasteiger partial charge in [-0.25, -0.2) is 0 Å². The number of hydrogen-bond donors (Lipinski definition) is 0. The summed E-state index contributed by atoms with van der Waals surface area (Å²) in [4.78, 5) is 0. The Labute approximate surface area is 166 Å². The van der Waals surface area contributed by atoms with Crippen molar-refractivity contribution >= 4 is 54.9 Å². The molecule has 0 bridgehead atoms. The van der Waals surface area contributed by atoms with Gasteiger partial charge in [0.15, 0.2) is 0 Å². The first-order valence-corrected chi connectivity index (χ1v) is 9.89. The van der Waals surface area contributed by atoms with Crippen LogP contribution >= 0.6 is 22.6 Å². The van der Waals surface area contributed by atoms with Crippen molar-refractivity contribution in [1.82, 2.24) is 0 Å². The highest BCUT2D eigenvalue weighted by atomic mass is 127. The lowest BCUT2D eigenvalue weighted by Gasteiger charge is -2.11. The number of fused-ring (bicyclic) bond motifs is 4. The zero-order chi connectivity index (χ0) is 17.7. The van der Waals surface area contributed by atoms with Crippen molar-refractivity contribution in [1.29, 1.82) is 0 Å². The fourth-order valence-corrected chi connectivity index (χ4v) is 4.44. The zero-order valence-electron chi connectivity index (χ0n) is 14.5. The molecule has 0 aromatic heterocycles. The van der Waals surface area contributed by atoms with Crippen LogP contribution in [0, 0.1) is 10.5 Å². The van der Waals surface area contributed by atoms with Gasteiger partial charge in [-0.2, -0.15) is 0 Å². The maximum absolute atomic E-state index is 2.37. The second kappa shape index (κ2) is 6.10. The van der Waals surface area contributed by atoms with Gasteiger partial charge in [-0.15, -0.1) is 0 Å². The average molecular weight is 444 g/mol. The van der Waals surface area contributed by atoms with Crippen molar-refractivity contribution in [3.8, 4) is 11.1 Å². The summed E-state index contributed by atoms with van der Waals surface area (Å²) in [5.74, 6) is 0. The van der Waals surface area contributed by atoms with Crippen LogP contribution in [0.25, 0.3) is 43.4 Å². The molecule has 124 valence electrons. The Kier molecular flexibility index (Phi) is 3.71. The molecule has 0 atom stereocenters. The number of halogens is 1. The Morgan fingerprint density at radius 3 is 2.19 bits per heavy atom. The maximum atomic E-state index is 2.37. The van der Waals surface area contributed by atoms with Gasteiger partial charge in [-0.05, 0) is 103 Å². The van der Waals surface area contributed by atoms with Crippen LogP contribution in [0.5, 0.6) is 0 Å². The molecule has 0 nitrogen and oxygen atoms in total. The Balaban J connectivity index is 1.75. The van der Waals surface area contributed by atoms with E-state index in [1.165, 1.54) is 52.6 Å². The lowest BCUT2D eigenvalue weighted by Crippen LogP contribution is -1.86. The number of aryl methyl sites for hydroxylation is 1. The van der Waals surface area contributed by atoms with Crippen molar-refractivity contribution in [3.05, 3.63) is 94.1 Å². The van der Waals surface area contributed by atoms with Crippen LogP contribution in [0.4, 0.5) is 0 Å². The second-order valence-electron chi connectivity index (χ2n) is 6.88. The molecule has 5 rings (SSSR count). The first-order chi connectivity index (χ1) is 12.7. The van der Waals surface area contributed by atoms with E-state index in [9.17, 15) is 0 Å². The van der Waals surface area contributed by atoms with E-state index in [1.807, 2.05) is 0 Å². The lowest BCUT2D eigenvalue weighted by molar-refractivity contribution is 1.53. The van der Waals surface area contributed by atoms with E-state index < -0.39 is 0 Å². The highest BCUT2D eigenvalue weighted by Crippen LogP contribution is 2.33. The zero-order valence-corrected chi connectivity index (χ0v) is 16.6. The van der Waals surface area contributed by atoms with Crippen LogP contribution in [0.1, 0.15) is 5.56 Å². The molecule has 5 aromatic carbocycles. The van der Waals surface area contributed by atoms with Gasteiger partial charge >= 0.3 is 0 Å². The molecule has 0 aliphatic rings. The largest absolute Gasteiger partial charge is 0.0616 e. The van der Waals surface area contributed by atoms with Crippen molar-refractivity contribution < 1.29 is 0 Å². The normalized spacial score (nSPS) is 11.5. The molecule has 0 aliphatic carbocycles. The molecule has 0 spiro atoms. The molecule has 5 aromatic rings. The van der Waals surface area contributed by atoms with Gasteiger partial charge in [-0.3, -0.25) is 0 Å². The smallest absolute Gasteiger partial charge is 0.0136 e. The van der Waals surface area contributed by atoms with Gasteiger partial charge in [0.25, 0.3) is 0 Å². The first-order valence-electron chi connectivity index (χ1n) is 8.81. The summed E-state index contributed by atoms with van der Waals surface area (Å²) >= 11 is 2.37. The molecule has 1 heteroatoms. The van der Waals surface area contributed by atoms with Crippen molar-refractivity contribution in [3.63, 3.8) is 0 Å². The van der Waals surface area contributed by atoms with Crippen molar-refractivity contribution in [2.75, 3.05) is 0 Å². The van der Waals surface area contributed by atoms with Gasteiger partial charge in [0.05, 0.1) is 0 Å². The van der Waals surface area contributed by atoms with Crippen LogP contribution in [-0.4, -0.2) is 0 Å². The number of benzene rings is 5. The van der Waals surface area contributed by atoms with E-state index in [2.05, 4.69) is 114 Å². The van der Waals surface area contributed by atoms with E-state index in [0.717, 1.165) is 0 Å². The minimum absolute atomic E-state index is 1.27. The predicted octanol–water partition coefficient (Wildman–Crippen LogP) is 7.73. The monoisotopic (exact) mass is 444 g/mol. The summed E-state index contributed by atoms with van der Waals surface area (Å²) in [6.07, 6.45) is 0. The van der Waals surface area contributed by atoms with E-state index in [0.29, 0.717) is 0 Å². The Bertz CT molecular complexity index is 1300. The summed E-state index contributed by atoms with van der Waals surface area (Å²) in [5.41, 5.74) is 3.89. The highest BCUT2D eigenvalue weighted by Gasteiger charge is 2.07. The third-order valence-electron chi connectivity index (χ3n) is 5.17. The summed E-state index contributed by atoms with van der Waals surface area (Å²) in [5, 5.41) is 7.89. The molecule has 0 heterocycles. The molecular weight excluding hydrogens is 427 g/mol. The second-order valence-corrected chi connectivity index (χ2v) is 8.13. The fraction of sp³-hybridized carbons (Fsp3) is 0.0400. The summed E-state index contributed by atoms with van der Waals surface area (Å²) in [6, 6.07) is 31.1. The molecule has 26 heavy (non-hydrogen) atoms. The van der Waals surface area contributed by atoms with Crippen molar-refractivity contribution in [2.24, 2.45) is 0 Å². The highest BCUT2D eigenvalue weighted by molar-refractivity contribution is 14.1. The summed E-state index contributed by atoms with van der Waals surface area (Å²) in [6.45, 7) is 2.22. The van der Waals surface area contributed by atoms with Crippen LogP contribution in [0.15, 0.2) is 84.9 Å². The minimum atomic E-state index is 1.27. The number of hydrogen-bond acceptors (Lipinski definition) is 0. The SMILES string of the molecule is Cc1cc(-c2ccc3cc(I)ccc3c2)cc2ccc3ccccc3c12. The van der Waals surface area contributed by atoms with Gasteiger partial charge in [-0.1, -0.05) is 60.7 Å². The molecular formula is C25H17I. The third kappa shape index (κ3) is 2.58. The molecule has 0 saturated carbocycles. The number of rotatable bonds is 1. The standard InChI is InChI=1S/C25H17I/c1-16-12-22(19-7-8-20-15-23(26)11-10-18(20)13-19)14-21-9-6-17-4-2-3-5-24(17)25(16)21/h2-15H,1H3. The van der Waals surface area contributed by atoms with E-state index >= 15 is 0 Å². The van der Waals surface area contributed by atoms with Gasteiger partial charge < -0.3 is 0 Å². The molecule has 0 radical (unpaired) electrons. The summed E-state index contributed by atoms with van der Waals surface area (Å²) < 4.78 is 1.27. The minimum Gasteiger partial charge on any atom is -0.0616 e. The van der Waals surface area contributed by atoms with E-state index in [4.69, 9.17) is 0 Å². The molecule has 0 saturated heterocycles. The molecule has 0 amide bonds. The molecule has 0 unspecified atom stereocenters. The van der Waals surface area contributed by atoms with Crippen LogP contribution in [0.3, 0.4) is 0 Å². The first kappa shape index (κ1) is 15.8. The van der Waals surface area contributed by atoms with Crippen LogP contribution in [-0.2, 0) is 0 Å². The van der Waals surface area contributed by atoms with E-state index in [-0.39, 0.29) is 0 Å². The van der Waals surface area contributed by atoms with Gasteiger partial charge in [0.2, 0.25) is 0 Å². The molecule has 0 N–H and O–H groups in total. The van der Waals surface area contributed by atoms with Gasteiger partial charge in [0, 0.05) is 3.57 Å². The Hall–Kier alpha value is -2.39. The quantitative estimate of drug-likeness (QED) is 0.183. The summed E-state index contributed by atoms with van der Waals surface area (Å²) in [7, 11) is 0. The van der Waals surface area contributed by atoms with E-state index in [1.54, 1.807) is 0 Å². The third-order valence-corrected chi connectivity index (χ3v) is 5.85. The topological polar surface area (TPSA) is 0 Å². The molecule has 0 aliphatic heterocycles. The fourth-order valence-electron chi connectivity index (χ4n) is 3.93. The maximum Gasteiger partial charge on any atom is 0.0136 e. The average Bonchev–Trinajstić information content (AvgIpc) is 2.67. The van der Waals surface area contributed by atoms with Crippen LogP contribution < -0.4 is 0 Å². The van der Waals surface area contributed by atoms with Crippen molar-refractivity contribution in [2.45, 2.75) is 6.92 Å². The predicted molar refractivity (Wildman–Crippen MR) is 122 cm³/mol. The lowest BCUT2D eigenvalue weighted by atomic mass is 9.93. The van der Waals surface area contributed by atoms with Gasteiger partial charge in [0.1, 0.15) is 0 Å². The Morgan fingerprint density at radius 1 is 0.577 bits per heavy atom.